The molecule has 2 N–H and O–H groups in total. The maximum Gasteiger partial charge on any atom is 0.286 e. The monoisotopic (exact) mass is 422 g/mol. The Kier molecular flexibility index (Phi) is 8.09. The highest BCUT2D eigenvalue weighted by Crippen LogP contribution is 2.17. The third-order valence-electron chi connectivity index (χ3n) is 4.66. The minimum Gasteiger partial charge on any atom is -0.356 e. The summed E-state index contributed by atoms with van der Waals surface area (Å²) in [5.74, 6) is -0.214. The maximum absolute atomic E-state index is 12.3. The molecule has 3 rings (SSSR count). The molecule has 0 bridgehead atoms. The van der Waals surface area contributed by atoms with Crippen LogP contribution < -0.4 is 10.6 Å². The molecule has 3 aromatic rings. The summed E-state index contributed by atoms with van der Waals surface area (Å²) in [6, 6.07) is 17.8. The number of benzene rings is 2. The second-order valence-corrected chi connectivity index (χ2v) is 8.12. The molecule has 1 heterocycles. The van der Waals surface area contributed by atoms with Crippen molar-refractivity contribution in [2.45, 2.75) is 39.0 Å². The number of hydrogen-bond acceptors (Lipinski definition) is 5. The van der Waals surface area contributed by atoms with Crippen LogP contribution in [-0.4, -0.2) is 28.6 Å². The van der Waals surface area contributed by atoms with Gasteiger partial charge in [-0.2, -0.15) is 0 Å². The highest BCUT2D eigenvalue weighted by atomic mass is 32.1. The summed E-state index contributed by atoms with van der Waals surface area (Å²) in [7, 11) is 0. The largest absolute Gasteiger partial charge is 0.356 e. The SMILES string of the molecule is Cc1ccccc1NC(=O)c1nnc(CCCC(=O)NCCCc2ccccc2)s1. The van der Waals surface area contributed by atoms with E-state index in [4.69, 9.17) is 0 Å². The van der Waals surface area contributed by atoms with Crippen LogP contribution in [-0.2, 0) is 17.6 Å². The number of amides is 2. The molecule has 2 aromatic carbocycles. The highest BCUT2D eigenvalue weighted by molar-refractivity contribution is 7.13. The first kappa shape index (κ1) is 21.6. The van der Waals surface area contributed by atoms with Gasteiger partial charge in [0.05, 0.1) is 0 Å². The predicted molar refractivity (Wildman–Crippen MR) is 120 cm³/mol. The van der Waals surface area contributed by atoms with Crippen LogP contribution in [0.2, 0.25) is 0 Å². The molecule has 0 radical (unpaired) electrons. The molecule has 0 aliphatic rings. The summed E-state index contributed by atoms with van der Waals surface area (Å²) in [4.78, 5) is 24.3. The smallest absolute Gasteiger partial charge is 0.286 e. The molecule has 0 saturated carbocycles. The average Bonchev–Trinajstić information content (AvgIpc) is 3.23. The fraction of sp³-hybridized carbons (Fsp3) is 0.304. The molecule has 0 aliphatic heterocycles. The van der Waals surface area contributed by atoms with Gasteiger partial charge in [0.15, 0.2) is 0 Å². The number of para-hydroxylation sites is 1. The standard InChI is InChI=1S/C23H26N4O2S/c1-17-9-5-6-13-19(17)25-22(29)23-27-26-21(30-23)15-7-14-20(28)24-16-8-12-18-10-3-2-4-11-18/h2-6,9-11,13H,7-8,12,14-16H2,1H3,(H,24,28)(H,25,29). The first-order valence-corrected chi connectivity index (χ1v) is 10.9. The number of hydrogen-bond donors (Lipinski definition) is 2. The van der Waals surface area contributed by atoms with Crippen molar-refractivity contribution in [1.29, 1.82) is 0 Å². The Labute approximate surface area is 180 Å². The Bertz CT molecular complexity index is 972. The molecule has 0 atom stereocenters. The van der Waals surface area contributed by atoms with Crippen LogP contribution >= 0.6 is 11.3 Å². The van der Waals surface area contributed by atoms with E-state index in [-0.39, 0.29) is 11.8 Å². The lowest BCUT2D eigenvalue weighted by Crippen LogP contribution is -2.24. The third kappa shape index (κ3) is 6.77. The van der Waals surface area contributed by atoms with Crippen LogP contribution in [0.15, 0.2) is 54.6 Å². The molecule has 7 heteroatoms. The molecular formula is C23H26N4O2S. The second kappa shape index (κ2) is 11.2. The van der Waals surface area contributed by atoms with E-state index < -0.39 is 0 Å². The van der Waals surface area contributed by atoms with E-state index in [2.05, 4.69) is 33.0 Å². The van der Waals surface area contributed by atoms with Gasteiger partial charge in [-0.15, -0.1) is 10.2 Å². The molecule has 0 fully saturated rings. The van der Waals surface area contributed by atoms with E-state index in [1.807, 2.05) is 49.4 Å². The van der Waals surface area contributed by atoms with Gasteiger partial charge >= 0.3 is 0 Å². The third-order valence-corrected chi connectivity index (χ3v) is 5.64. The number of aromatic nitrogens is 2. The molecule has 30 heavy (non-hydrogen) atoms. The molecule has 0 spiro atoms. The number of anilines is 1. The Morgan fingerprint density at radius 3 is 2.50 bits per heavy atom. The number of carbonyl (C=O) groups is 2. The van der Waals surface area contributed by atoms with Gasteiger partial charge in [0.25, 0.3) is 5.91 Å². The van der Waals surface area contributed by atoms with Crippen molar-refractivity contribution in [3.05, 3.63) is 75.7 Å². The Balaban J connectivity index is 1.34. The van der Waals surface area contributed by atoms with Crippen LogP contribution in [0.25, 0.3) is 0 Å². The normalized spacial score (nSPS) is 10.6. The lowest BCUT2D eigenvalue weighted by molar-refractivity contribution is -0.121. The number of nitrogens with one attached hydrogen (secondary N) is 2. The minimum atomic E-state index is -0.260. The van der Waals surface area contributed by atoms with E-state index in [0.29, 0.717) is 30.8 Å². The van der Waals surface area contributed by atoms with Crippen molar-refractivity contribution in [1.82, 2.24) is 15.5 Å². The highest BCUT2D eigenvalue weighted by Gasteiger charge is 2.14. The van der Waals surface area contributed by atoms with E-state index in [0.717, 1.165) is 29.1 Å². The molecule has 1 aromatic heterocycles. The summed E-state index contributed by atoms with van der Waals surface area (Å²) in [5.41, 5.74) is 3.04. The van der Waals surface area contributed by atoms with Crippen molar-refractivity contribution in [2.24, 2.45) is 0 Å². The molecule has 6 nitrogen and oxygen atoms in total. The van der Waals surface area contributed by atoms with Crippen molar-refractivity contribution in [2.75, 3.05) is 11.9 Å². The number of rotatable bonds is 10. The quantitative estimate of drug-likeness (QED) is 0.480. The number of carbonyl (C=O) groups excluding carboxylic acids is 2. The molecule has 2 amide bonds. The Hall–Kier alpha value is -3.06. The zero-order valence-corrected chi connectivity index (χ0v) is 17.9. The second-order valence-electron chi connectivity index (χ2n) is 7.06. The Morgan fingerprint density at radius 2 is 1.70 bits per heavy atom. The fourth-order valence-electron chi connectivity index (χ4n) is 2.99. The van der Waals surface area contributed by atoms with Crippen molar-refractivity contribution in [3.63, 3.8) is 0 Å². The summed E-state index contributed by atoms with van der Waals surface area (Å²) in [6.07, 6.45) is 3.63. The summed E-state index contributed by atoms with van der Waals surface area (Å²) >= 11 is 1.27. The Morgan fingerprint density at radius 1 is 0.933 bits per heavy atom. The van der Waals surface area contributed by atoms with Gasteiger partial charge in [-0.05, 0) is 43.4 Å². The van der Waals surface area contributed by atoms with Crippen molar-refractivity contribution in [3.8, 4) is 0 Å². The van der Waals surface area contributed by atoms with Crippen LogP contribution in [0.4, 0.5) is 5.69 Å². The minimum absolute atomic E-state index is 0.0464. The molecule has 0 saturated heterocycles. The summed E-state index contributed by atoms with van der Waals surface area (Å²) < 4.78 is 0. The summed E-state index contributed by atoms with van der Waals surface area (Å²) in [6.45, 7) is 2.61. The van der Waals surface area contributed by atoms with Crippen LogP contribution in [0.1, 0.15) is 45.2 Å². The van der Waals surface area contributed by atoms with Crippen LogP contribution in [0.3, 0.4) is 0 Å². The lowest BCUT2D eigenvalue weighted by atomic mass is 10.1. The first-order valence-electron chi connectivity index (χ1n) is 10.1. The lowest BCUT2D eigenvalue weighted by Gasteiger charge is -2.05. The van der Waals surface area contributed by atoms with Gasteiger partial charge in [0.2, 0.25) is 10.9 Å². The van der Waals surface area contributed by atoms with Crippen molar-refractivity contribution < 1.29 is 9.59 Å². The van der Waals surface area contributed by atoms with Gasteiger partial charge in [0.1, 0.15) is 5.01 Å². The van der Waals surface area contributed by atoms with Crippen molar-refractivity contribution >= 4 is 28.8 Å². The van der Waals surface area contributed by atoms with E-state index in [1.54, 1.807) is 0 Å². The molecule has 156 valence electrons. The molecule has 0 unspecified atom stereocenters. The maximum atomic E-state index is 12.3. The first-order chi connectivity index (χ1) is 14.6. The fourth-order valence-corrected chi connectivity index (χ4v) is 3.77. The molecule has 0 aliphatic carbocycles. The number of nitrogens with zero attached hydrogens (tertiary/aromatic N) is 2. The van der Waals surface area contributed by atoms with Gasteiger partial charge < -0.3 is 10.6 Å². The van der Waals surface area contributed by atoms with Gasteiger partial charge in [-0.25, -0.2) is 0 Å². The zero-order valence-electron chi connectivity index (χ0n) is 17.1. The van der Waals surface area contributed by atoms with Crippen LogP contribution in [0, 0.1) is 6.92 Å². The number of aryl methyl sites for hydroxylation is 3. The van der Waals surface area contributed by atoms with Gasteiger partial charge in [-0.3, -0.25) is 9.59 Å². The average molecular weight is 423 g/mol. The van der Waals surface area contributed by atoms with E-state index >= 15 is 0 Å². The zero-order chi connectivity index (χ0) is 21.2. The van der Waals surface area contributed by atoms with Crippen LogP contribution in [0.5, 0.6) is 0 Å². The van der Waals surface area contributed by atoms with E-state index in [9.17, 15) is 9.59 Å². The van der Waals surface area contributed by atoms with E-state index in [1.165, 1.54) is 16.9 Å². The predicted octanol–water partition coefficient (Wildman–Crippen LogP) is 4.17. The van der Waals surface area contributed by atoms with Gasteiger partial charge in [-0.1, -0.05) is 59.9 Å². The molecular weight excluding hydrogens is 396 g/mol. The summed E-state index contributed by atoms with van der Waals surface area (Å²) in [5, 5.41) is 15.0. The topological polar surface area (TPSA) is 84.0 Å². The van der Waals surface area contributed by atoms with Gasteiger partial charge in [0, 0.05) is 25.1 Å².